The number of nitrogens with zero attached hydrogens (tertiary/aromatic N) is 2. The number of guanidine groups is 1. The number of nitrogens with one attached hydrogen (secondary N) is 3. The van der Waals surface area contributed by atoms with Gasteiger partial charge in [0.1, 0.15) is 0 Å². The number of carbonyl (C=O) groups is 1. The fraction of sp³-hybridized carbons (Fsp3) is 0.381. The van der Waals surface area contributed by atoms with Crippen LogP contribution in [0, 0.1) is 5.92 Å². The number of amides is 1. The molecule has 1 unspecified atom stereocenters. The number of rotatable bonds is 8. The van der Waals surface area contributed by atoms with E-state index in [9.17, 15) is 4.79 Å². The lowest BCUT2D eigenvalue weighted by Crippen LogP contribution is -2.37. The van der Waals surface area contributed by atoms with E-state index in [1.807, 2.05) is 56.3 Å². The molecule has 0 aliphatic heterocycles. The van der Waals surface area contributed by atoms with E-state index in [1.54, 1.807) is 13.2 Å². The van der Waals surface area contributed by atoms with E-state index in [1.165, 1.54) is 0 Å². The summed E-state index contributed by atoms with van der Waals surface area (Å²) >= 11 is 0. The fourth-order valence-electron chi connectivity index (χ4n) is 2.47. The molecule has 0 saturated heterocycles. The van der Waals surface area contributed by atoms with Crippen molar-refractivity contribution >= 4 is 17.6 Å². The Morgan fingerprint density at radius 1 is 1.19 bits per heavy atom. The molecule has 1 amide bonds. The number of aromatic nitrogens is 1. The molecule has 1 aromatic carbocycles. The van der Waals surface area contributed by atoms with Crippen LogP contribution in [0.25, 0.3) is 0 Å². The smallest absolute Gasteiger partial charge is 0.227 e. The zero-order chi connectivity index (χ0) is 19.5. The van der Waals surface area contributed by atoms with Crippen molar-refractivity contribution in [3.8, 4) is 0 Å². The molecule has 6 nitrogen and oxygen atoms in total. The molecule has 2 rings (SSSR count). The molecule has 6 heteroatoms. The van der Waals surface area contributed by atoms with Gasteiger partial charge < -0.3 is 16.0 Å². The number of benzene rings is 1. The largest absolute Gasteiger partial charge is 0.356 e. The van der Waals surface area contributed by atoms with Crippen LogP contribution in [0.5, 0.6) is 0 Å². The molecule has 1 heterocycles. The summed E-state index contributed by atoms with van der Waals surface area (Å²) < 4.78 is 0. The Morgan fingerprint density at radius 3 is 2.74 bits per heavy atom. The van der Waals surface area contributed by atoms with Crippen molar-refractivity contribution in [1.29, 1.82) is 0 Å². The first-order chi connectivity index (χ1) is 13.1. The first kappa shape index (κ1) is 20.4. The summed E-state index contributed by atoms with van der Waals surface area (Å²) in [7, 11) is 1.75. The average Bonchev–Trinajstić information content (AvgIpc) is 2.71. The van der Waals surface area contributed by atoms with Crippen molar-refractivity contribution in [3.63, 3.8) is 0 Å². The zero-order valence-electron chi connectivity index (χ0n) is 16.3. The molecule has 144 valence electrons. The van der Waals surface area contributed by atoms with Crippen LogP contribution in [0.2, 0.25) is 0 Å². The second kappa shape index (κ2) is 11.0. The lowest BCUT2D eigenvalue weighted by atomic mass is 10.1. The molecule has 2 aromatic rings. The second-order valence-electron chi connectivity index (χ2n) is 6.42. The lowest BCUT2D eigenvalue weighted by Gasteiger charge is -2.13. The molecular weight excluding hydrogens is 338 g/mol. The van der Waals surface area contributed by atoms with Gasteiger partial charge in [-0.15, -0.1) is 0 Å². The van der Waals surface area contributed by atoms with Crippen LogP contribution in [0.15, 0.2) is 53.7 Å². The molecule has 3 N–H and O–H groups in total. The number of aliphatic imine (C=N–C) groups is 1. The van der Waals surface area contributed by atoms with Gasteiger partial charge in [-0.3, -0.25) is 14.8 Å². The average molecular weight is 367 g/mol. The standard InChI is InChI=1S/C21H29N5O/c1-4-16(2)20(27)26-19-10-7-8-17(14-19)15-25-21(22-3)24-13-11-18-9-5-6-12-23-18/h5-10,12,14,16H,4,11,13,15H2,1-3H3,(H,26,27)(H2,22,24,25). The number of carbonyl (C=O) groups excluding carboxylic acids is 1. The highest BCUT2D eigenvalue weighted by Crippen LogP contribution is 2.13. The van der Waals surface area contributed by atoms with Gasteiger partial charge in [-0.1, -0.05) is 32.0 Å². The van der Waals surface area contributed by atoms with Crippen molar-refractivity contribution < 1.29 is 4.79 Å². The predicted octanol–water partition coefficient (Wildman–Crippen LogP) is 2.97. The summed E-state index contributed by atoms with van der Waals surface area (Å²) in [5, 5.41) is 9.55. The molecule has 0 fully saturated rings. The Labute approximate surface area is 161 Å². The summed E-state index contributed by atoms with van der Waals surface area (Å²) in [5.41, 5.74) is 2.94. The Bertz CT molecular complexity index is 745. The lowest BCUT2D eigenvalue weighted by molar-refractivity contribution is -0.119. The van der Waals surface area contributed by atoms with Crippen molar-refractivity contribution in [2.75, 3.05) is 18.9 Å². The summed E-state index contributed by atoms with van der Waals surface area (Å²) in [6.45, 7) is 5.32. The van der Waals surface area contributed by atoms with Gasteiger partial charge in [-0.25, -0.2) is 0 Å². The highest BCUT2D eigenvalue weighted by Gasteiger charge is 2.10. The van der Waals surface area contributed by atoms with Gasteiger partial charge in [-0.2, -0.15) is 0 Å². The molecule has 0 radical (unpaired) electrons. The van der Waals surface area contributed by atoms with E-state index in [2.05, 4.69) is 25.9 Å². The SMILES string of the molecule is CCC(C)C(=O)Nc1cccc(CNC(=NC)NCCc2ccccn2)c1. The van der Waals surface area contributed by atoms with Gasteiger partial charge in [0.2, 0.25) is 5.91 Å². The van der Waals surface area contributed by atoms with Crippen molar-refractivity contribution in [2.24, 2.45) is 10.9 Å². The predicted molar refractivity (Wildman–Crippen MR) is 111 cm³/mol. The molecule has 27 heavy (non-hydrogen) atoms. The minimum absolute atomic E-state index is 0.00825. The molecule has 1 atom stereocenters. The summed E-state index contributed by atoms with van der Waals surface area (Å²) in [4.78, 5) is 20.6. The third kappa shape index (κ3) is 7.09. The van der Waals surface area contributed by atoms with Crippen LogP contribution in [-0.2, 0) is 17.8 Å². The van der Waals surface area contributed by atoms with E-state index in [4.69, 9.17) is 0 Å². The van der Waals surface area contributed by atoms with E-state index in [0.717, 1.165) is 42.3 Å². The van der Waals surface area contributed by atoms with Gasteiger partial charge >= 0.3 is 0 Å². The van der Waals surface area contributed by atoms with E-state index >= 15 is 0 Å². The Balaban J connectivity index is 1.81. The summed E-state index contributed by atoms with van der Waals surface area (Å²) in [6.07, 6.45) is 3.46. The molecule has 0 aliphatic rings. The van der Waals surface area contributed by atoms with Crippen LogP contribution < -0.4 is 16.0 Å². The minimum atomic E-state index is 0.00825. The quantitative estimate of drug-likeness (QED) is 0.495. The summed E-state index contributed by atoms with van der Waals surface area (Å²) in [5.74, 6) is 0.795. The Morgan fingerprint density at radius 2 is 2.04 bits per heavy atom. The molecule has 0 spiro atoms. The Hall–Kier alpha value is -2.89. The van der Waals surface area contributed by atoms with E-state index in [0.29, 0.717) is 6.54 Å². The van der Waals surface area contributed by atoms with Crippen LogP contribution in [0.4, 0.5) is 5.69 Å². The first-order valence-corrected chi connectivity index (χ1v) is 9.36. The zero-order valence-corrected chi connectivity index (χ0v) is 16.3. The number of anilines is 1. The van der Waals surface area contributed by atoms with Crippen LogP contribution in [0.3, 0.4) is 0 Å². The maximum absolute atomic E-state index is 12.0. The maximum atomic E-state index is 12.0. The maximum Gasteiger partial charge on any atom is 0.227 e. The second-order valence-corrected chi connectivity index (χ2v) is 6.42. The third-order valence-corrected chi connectivity index (χ3v) is 4.34. The summed E-state index contributed by atoms with van der Waals surface area (Å²) in [6, 6.07) is 13.8. The molecule has 0 bridgehead atoms. The van der Waals surface area contributed by atoms with Crippen molar-refractivity contribution in [1.82, 2.24) is 15.6 Å². The monoisotopic (exact) mass is 367 g/mol. The normalized spacial score (nSPS) is 12.3. The fourth-order valence-corrected chi connectivity index (χ4v) is 2.47. The van der Waals surface area contributed by atoms with Gasteiger partial charge in [0.25, 0.3) is 0 Å². The van der Waals surface area contributed by atoms with Gasteiger partial charge in [-0.05, 0) is 36.2 Å². The van der Waals surface area contributed by atoms with E-state index in [-0.39, 0.29) is 11.8 Å². The highest BCUT2D eigenvalue weighted by molar-refractivity contribution is 5.92. The molecular formula is C21H29N5O. The number of pyridine rings is 1. The van der Waals surface area contributed by atoms with Crippen LogP contribution in [0.1, 0.15) is 31.5 Å². The van der Waals surface area contributed by atoms with Gasteiger partial charge in [0.15, 0.2) is 5.96 Å². The number of hydrogen-bond acceptors (Lipinski definition) is 3. The topological polar surface area (TPSA) is 78.4 Å². The van der Waals surface area contributed by atoms with Crippen molar-refractivity contribution in [2.45, 2.75) is 33.2 Å². The first-order valence-electron chi connectivity index (χ1n) is 9.36. The van der Waals surface area contributed by atoms with Crippen LogP contribution in [-0.4, -0.2) is 30.4 Å². The van der Waals surface area contributed by atoms with Gasteiger partial charge in [0.05, 0.1) is 0 Å². The van der Waals surface area contributed by atoms with Crippen molar-refractivity contribution in [3.05, 3.63) is 59.9 Å². The number of hydrogen-bond donors (Lipinski definition) is 3. The molecule has 1 aromatic heterocycles. The minimum Gasteiger partial charge on any atom is -0.356 e. The van der Waals surface area contributed by atoms with E-state index < -0.39 is 0 Å². The van der Waals surface area contributed by atoms with Crippen LogP contribution >= 0.6 is 0 Å². The molecule has 0 saturated carbocycles. The highest BCUT2D eigenvalue weighted by atomic mass is 16.1. The Kier molecular flexibility index (Phi) is 8.29. The third-order valence-electron chi connectivity index (χ3n) is 4.34. The van der Waals surface area contributed by atoms with Gasteiger partial charge in [0, 0.05) is 50.1 Å². The molecule has 0 aliphatic carbocycles.